The third-order valence-corrected chi connectivity index (χ3v) is 2.20. The standard InChI is InChI=1S/C10H10N2O4/c11-7-3-6(13)1-2-8(7)12-9(14)4-16-5-10(12)15/h1-3,13H,4-5,11H2. The fourth-order valence-corrected chi connectivity index (χ4v) is 1.51. The van der Waals surface area contributed by atoms with Crippen molar-refractivity contribution in [2.45, 2.75) is 0 Å². The lowest BCUT2D eigenvalue weighted by atomic mass is 10.2. The highest BCUT2D eigenvalue weighted by Gasteiger charge is 2.29. The van der Waals surface area contributed by atoms with Gasteiger partial charge in [0.25, 0.3) is 11.8 Å². The number of phenols is 1. The Bertz CT molecular complexity index is 442. The molecule has 16 heavy (non-hydrogen) atoms. The van der Waals surface area contributed by atoms with E-state index in [0.29, 0.717) is 0 Å². The van der Waals surface area contributed by atoms with Gasteiger partial charge in [-0.3, -0.25) is 9.59 Å². The summed E-state index contributed by atoms with van der Waals surface area (Å²) in [6.07, 6.45) is 0. The van der Waals surface area contributed by atoms with Crippen LogP contribution in [-0.2, 0) is 14.3 Å². The summed E-state index contributed by atoms with van der Waals surface area (Å²) < 4.78 is 4.78. The number of ether oxygens (including phenoxy) is 1. The highest BCUT2D eigenvalue weighted by Crippen LogP contribution is 2.28. The van der Waals surface area contributed by atoms with E-state index in [0.717, 1.165) is 4.90 Å². The summed E-state index contributed by atoms with van der Waals surface area (Å²) in [5.41, 5.74) is 6.07. The van der Waals surface area contributed by atoms with Gasteiger partial charge in [-0.05, 0) is 12.1 Å². The van der Waals surface area contributed by atoms with E-state index in [4.69, 9.17) is 10.5 Å². The van der Waals surface area contributed by atoms with E-state index < -0.39 is 11.8 Å². The van der Waals surface area contributed by atoms with E-state index in [2.05, 4.69) is 0 Å². The van der Waals surface area contributed by atoms with Crippen LogP contribution in [0.25, 0.3) is 0 Å². The number of carbonyl (C=O) groups excluding carboxylic acids is 2. The Kier molecular flexibility index (Phi) is 2.49. The summed E-state index contributed by atoms with van der Waals surface area (Å²) in [5.74, 6) is -0.948. The van der Waals surface area contributed by atoms with Gasteiger partial charge in [0.1, 0.15) is 19.0 Å². The van der Waals surface area contributed by atoms with Gasteiger partial charge >= 0.3 is 0 Å². The monoisotopic (exact) mass is 222 g/mol. The molecule has 0 aliphatic carbocycles. The van der Waals surface area contributed by atoms with Crippen LogP contribution in [0.15, 0.2) is 18.2 Å². The number of nitrogen functional groups attached to an aromatic ring is 1. The Hall–Kier alpha value is -2.08. The number of imide groups is 1. The van der Waals surface area contributed by atoms with Crippen molar-refractivity contribution in [1.29, 1.82) is 0 Å². The molecule has 1 aromatic rings. The zero-order valence-electron chi connectivity index (χ0n) is 8.34. The van der Waals surface area contributed by atoms with Gasteiger partial charge in [-0.25, -0.2) is 4.90 Å². The summed E-state index contributed by atoms with van der Waals surface area (Å²) >= 11 is 0. The first kappa shape index (κ1) is 10.4. The fourth-order valence-electron chi connectivity index (χ4n) is 1.51. The van der Waals surface area contributed by atoms with Gasteiger partial charge in [0, 0.05) is 6.07 Å². The third-order valence-electron chi connectivity index (χ3n) is 2.20. The highest BCUT2D eigenvalue weighted by molar-refractivity contribution is 6.18. The molecule has 6 heteroatoms. The number of morpholine rings is 1. The molecule has 0 bridgehead atoms. The molecule has 0 atom stereocenters. The molecule has 0 radical (unpaired) electrons. The lowest BCUT2D eigenvalue weighted by Gasteiger charge is -2.25. The topological polar surface area (TPSA) is 92.9 Å². The second kappa shape index (κ2) is 3.82. The van der Waals surface area contributed by atoms with Gasteiger partial charge in [-0.1, -0.05) is 0 Å². The predicted molar refractivity (Wildman–Crippen MR) is 55.8 cm³/mol. The average molecular weight is 222 g/mol. The van der Waals surface area contributed by atoms with Crippen LogP contribution in [0.3, 0.4) is 0 Å². The van der Waals surface area contributed by atoms with Crippen LogP contribution >= 0.6 is 0 Å². The minimum Gasteiger partial charge on any atom is -0.508 e. The fraction of sp³-hybridized carbons (Fsp3) is 0.200. The maximum absolute atomic E-state index is 11.5. The molecule has 3 N–H and O–H groups in total. The van der Waals surface area contributed by atoms with Gasteiger partial charge in [0.15, 0.2) is 0 Å². The number of phenolic OH excluding ortho intramolecular Hbond substituents is 1. The number of hydrogen-bond donors (Lipinski definition) is 2. The van der Waals surface area contributed by atoms with Crippen LogP contribution < -0.4 is 10.6 Å². The first-order chi connectivity index (χ1) is 7.59. The molecular weight excluding hydrogens is 212 g/mol. The minimum absolute atomic E-state index is 0.0191. The summed E-state index contributed by atoms with van der Waals surface area (Å²) in [4.78, 5) is 24.0. The molecule has 2 amide bonds. The smallest absolute Gasteiger partial charge is 0.259 e. The van der Waals surface area contributed by atoms with Crippen molar-refractivity contribution in [2.75, 3.05) is 23.8 Å². The minimum atomic E-state index is -0.464. The number of amides is 2. The molecule has 1 aliphatic rings. The Labute approximate surface area is 91.2 Å². The Balaban J connectivity index is 2.42. The van der Waals surface area contributed by atoms with Crippen LogP contribution in [0, 0.1) is 0 Å². The molecule has 0 saturated carbocycles. The van der Waals surface area contributed by atoms with Crippen molar-refractivity contribution in [3.8, 4) is 5.75 Å². The first-order valence-electron chi connectivity index (χ1n) is 4.61. The van der Waals surface area contributed by atoms with Crippen molar-refractivity contribution in [3.05, 3.63) is 18.2 Å². The van der Waals surface area contributed by atoms with Crippen LogP contribution in [-0.4, -0.2) is 30.1 Å². The van der Waals surface area contributed by atoms with Crippen LogP contribution in [0.2, 0.25) is 0 Å². The molecular formula is C10H10N2O4. The molecule has 2 rings (SSSR count). The molecule has 1 aromatic carbocycles. The Morgan fingerprint density at radius 2 is 1.88 bits per heavy atom. The zero-order chi connectivity index (χ0) is 11.7. The molecule has 0 spiro atoms. The second-order valence-corrected chi connectivity index (χ2v) is 3.36. The lowest BCUT2D eigenvalue weighted by molar-refractivity contribution is -0.138. The van der Waals surface area contributed by atoms with Gasteiger partial charge < -0.3 is 15.6 Å². The maximum atomic E-state index is 11.5. The summed E-state index contributed by atoms with van der Waals surface area (Å²) in [6.45, 7) is -0.294. The molecule has 0 unspecified atom stereocenters. The Morgan fingerprint density at radius 1 is 1.25 bits per heavy atom. The van der Waals surface area contributed by atoms with E-state index in [9.17, 15) is 14.7 Å². The number of anilines is 2. The summed E-state index contributed by atoms with van der Waals surface area (Å²) in [6, 6.07) is 4.07. The zero-order valence-corrected chi connectivity index (χ0v) is 8.34. The van der Waals surface area contributed by atoms with E-state index in [1.54, 1.807) is 0 Å². The maximum Gasteiger partial charge on any atom is 0.259 e. The van der Waals surface area contributed by atoms with Crippen molar-refractivity contribution < 1.29 is 19.4 Å². The molecule has 1 saturated heterocycles. The first-order valence-corrected chi connectivity index (χ1v) is 4.61. The number of hydrogen-bond acceptors (Lipinski definition) is 5. The van der Waals surface area contributed by atoms with Gasteiger partial charge in [0.05, 0.1) is 11.4 Å². The molecule has 0 aromatic heterocycles. The summed E-state index contributed by atoms with van der Waals surface area (Å²) in [7, 11) is 0. The van der Waals surface area contributed by atoms with E-state index in [-0.39, 0.29) is 30.3 Å². The molecule has 6 nitrogen and oxygen atoms in total. The van der Waals surface area contributed by atoms with Crippen molar-refractivity contribution in [3.63, 3.8) is 0 Å². The highest BCUT2D eigenvalue weighted by atomic mass is 16.5. The summed E-state index contributed by atoms with van der Waals surface area (Å²) in [5, 5.41) is 9.17. The van der Waals surface area contributed by atoms with Crippen LogP contribution in [0.5, 0.6) is 5.75 Å². The van der Waals surface area contributed by atoms with Crippen molar-refractivity contribution in [1.82, 2.24) is 0 Å². The molecule has 84 valence electrons. The number of nitrogens with zero attached hydrogens (tertiary/aromatic N) is 1. The number of rotatable bonds is 1. The van der Waals surface area contributed by atoms with E-state index in [1.165, 1.54) is 18.2 Å². The SMILES string of the molecule is Nc1cc(O)ccc1N1C(=O)COCC1=O. The number of aromatic hydroxyl groups is 1. The van der Waals surface area contributed by atoms with Gasteiger partial charge in [-0.15, -0.1) is 0 Å². The Morgan fingerprint density at radius 3 is 2.44 bits per heavy atom. The quantitative estimate of drug-likeness (QED) is 0.509. The normalized spacial score (nSPS) is 16.6. The molecule has 1 aliphatic heterocycles. The largest absolute Gasteiger partial charge is 0.508 e. The van der Waals surface area contributed by atoms with E-state index >= 15 is 0 Å². The van der Waals surface area contributed by atoms with Gasteiger partial charge in [0.2, 0.25) is 0 Å². The average Bonchev–Trinajstić information content (AvgIpc) is 2.20. The molecule has 1 heterocycles. The predicted octanol–water partition coefficient (Wildman–Crippen LogP) is -0.136. The number of nitrogens with two attached hydrogens (primary N) is 1. The van der Waals surface area contributed by atoms with Crippen LogP contribution in [0.1, 0.15) is 0 Å². The number of benzene rings is 1. The van der Waals surface area contributed by atoms with Crippen molar-refractivity contribution in [2.24, 2.45) is 0 Å². The third kappa shape index (κ3) is 1.70. The lowest BCUT2D eigenvalue weighted by Crippen LogP contribution is -2.46. The number of carbonyl (C=O) groups is 2. The second-order valence-electron chi connectivity index (χ2n) is 3.36. The van der Waals surface area contributed by atoms with Gasteiger partial charge in [-0.2, -0.15) is 0 Å². The molecule has 1 fully saturated rings. The van der Waals surface area contributed by atoms with E-state index in [1.807, 2.05) is 0 Å². The van der Waals surface area contributed by atoms with Crippen LogP contribution in [0.4, 0.5) is 11.4 Å². The van der Waals surface area contributed by atoms with Crippen molar-refractivity contribution >= 4 is 23.2 Å².